The summed E-state index contributed by atoms with van der Waals surface area (Å²) in [6.45, 7) is -1.26. The maximum absolute atomic E-state index is 12.0. The van der Waals surface area contributed by atoms with Gasteiger partial charge in [0.25, 0.3) is 5.56 Å². The van der Waals surface area contributed by atoms with Crippen molar-refractivity contribution in [1.29, 1.82) is 0 Å². The van der Waals surface area contributed by atoms with Crippen LogP contribution in [0.15, 0.2) is 9.59 Å². The zero-order valence-electron chi connectivity index (χ0n) is 15.2. The number of anilines is 2. The molecule has 14 nitrogen and oxygen atoms in total. The van der Waals surface area contributed by atoms with Gasteiger partial charge in [-0.05, 0) is 12.8 Å². The number of rotatable bonds is 12. The molecule has 0 unspecified atom stereocenters. The van der Waals surface area contributed by atoms with Crippen LogP contribution in [0, 0.1) is 0 Å². The molecule has 10 N–H and O–H groups in total. The summed E-state index contributed by atoms with van der Waals surface area (Å²) in [6.07, 6.45) is -5.22. The molecule has 0 fully saturated rings. The van der Waals surface area contributed by atoms with Crippen molar-refractivity contribution in [2.45, 2.75) is 37.6 Å². The maximum atomic E-state index is 12.0. The van der Waals surface area contributed by atoms with Crippen molar-refractivity contribution < 1.29 is 39.6 Å². The fourth-order valence-electron chi connectivity index (χ4n) is 2.24. The number of aliphatic hydroxyl groups is 4. The minimum atomic E-state index is -4.16. The van der Waals surface area contributed by atoms with Crippen LogP contribution in [0.4, 0.5) is 11.5 Å². The standard InChI is InChI=1S/C14H25N4O10P/c19-6-8(21)11(23)7(20)5-15-12-10(13(24)18-14(25)17-12)16-9(22)3-1-2-4-29(26,27)28/h7-8,11,19-21,23H,1-6H2,(H,16,22)(H2,26,27,28)(H3,15,17,18,24,25)/t7-,8+,11-/m0/s1. The van der Waals surface area contributed by atoms with Crippen LogP contribution in [-0.4, -0.2) is 83.7 Å². The van der Waals surface area contributed by atoms with Gasteiger partial charge in [0.1, 0.15) is 23.7 Å². The van der Waals surface area contributed by atoms with Crippen LogP contribution < -0.4 is 21.9 Å². The Balaban J connectivity index is 2.78. The molecule has 0 bridgehead atoms. The highest BCUT2D eigenvalue weighted by Crippen LogP contribution is 2.35. The second-order valence-electron chi connectivity index (χ2n) is 6.24. The van der Waals surface area contributed by atoms with Crippen LogP contribution in [0.1, 0.15) is 19.3 Å². The SMILES string of the molecule is O=C(CCCCP(=O)(O)O)Nc1c(NC[C@H](O)[C@H](O)[C@H](O)CO)[nH]c(=O)[nH]c1=O. The monoisotopic (exact) mass is 440 g/mol. The lowest BCUT2D eigenvalue weighted by Crippen LogP contribution is -2.43. The normalized spacial score (nSPS) is 14.8. The van der Waals surface area contributed by atoms with Crippen molar-refractivity contribution in [3.05, 3.63) is 20.8 Å². The van der Waals surface area contributed by atoms with Gasteiger partial charge in [-0.1, -0.05) is 0 Å². The number of aromatic amines is 2. The van der Waals surface area contributed by atoms with Gasteiger partial charge in [-0.2, -0.15) is 0 Å². The lowest BCUT2D eigenvalue weighted by atomic mass is 10.1. The maximum Gasteiger partial charge on any atom is 0.327 e. The largest absolute Gasteiger partial charge is 0.394 e. The molecule has 3 atom stereocenters. The van der Waals surface area contributed by atoms with Crippen molar-refractivity contribution >= 4 is 25.0 Å². The molecule has 1 aromatic rings. The topological polar surface area (TPSA) is 245 Å². The number of amides is 1. The van der Waals surface area contributed by atoms with Gasteiger partial charge in [-0.3, -0.25) is 24.1 Å². The molecule has 0 aliphatic heterocycles. The van der Waals surface area contributed by atoms with Crippen molar-refractivity contribution in [3.8, 4) is 0 Å². The molecule has 0 spiro atoms. The third kappa shape index (κ3) is 8.87. The van der Waals surface area contributed by atoms with Crippen LogP contribution in [0.25, 0.3) is 0 Å². The molecule has 1 rings (SSSR count). The van der Waals surface area contributed by atoms with E-state index in [4.69, 9.17) is 14.9 Å². The number of aliphatic hydroxyl groups excluding tert-OH is 4. The van der Waals surface area contributed by atoms with E-state index in [2.05, 4.69) is 15.6 Å². The highest BCUT2D eigenvalue weighted by atomic mass is 31.2. The van der Waals surface area contributed by atoms with Crippen LogP contribution in [-0.2, 0) is 9.36 Å². The molecule has 0 saturated carbocycles. The van der Waals surface area contributed by atoms with E-state index in [9.17, 15) is 34.3 Å². The number of hydrogen-bond donors (Lipinski definition) is 10. The van der Waals surface area contributed by atoms with E-state index in [1.54, 1.807) is 0 Å². The van der Waals surface area contributed by atoms with E-state index in [0.717, 1.165) is 0 Å². The first-order chi connectivity index (χ1) is 13.4. The molecule has 1 amide bonds. The first-order valence-electron chi connectivity index (χ1n) is 8.54. The second-order valence-corrected chi connectivity index (χ2v) is 8.02. The van der Waals surface area contributed by atoms with Gasteiger partial charge in [0.05, 0.1) is 12.7 Å². The predicted octanol–water partition coefficient (Wildman–Crippen LogP) is -3.16. The molecule has 0 saturated heterocycles. The van der Waals surface area contributed by atoms with Gasteiger partial charge in [0, 0.05) is 19.1 Å². The lowest BCUT2D eigenvalue weighted by molar-refractivity contribution is -0.116. The summed E-state index contributed by atoms with van der Waals surface area (Å²) in [5.74, 6) is -0.931. The third-order valence-corrected chi connectivity index (χ3v) is 4.67. The van der Waals surface area contributed by atoms with E-state index in [1.807, 2.05) is 4.98 Å². The number of nitrogens with one attached hydrogen (secondary N) is 4. The Kier molecular flexibility index (Phi) is 9.65. The fraction of sp³-hybridized carbons (Fsp3) is 0.643. The first-order valence-corrected chi connectivity index (χ1v) is 10.3. The predicted molar refractivity (Wildman–Crippen MR) is 101 cm³/mol. The molecular formula is C14H25N4O10P. The number of unbranched alkanes of at least 4 members (excludes halogenated alkanes) is 1. The highest BCUT2D eigenvalue weighted by Gasteiger charge is 2.24. The average molecular weight is 440 g/mol. The van der Waals surface area contributed by atoms with Crippen LogP contribution in [0.3, 0.4) is 0 Å². The second kappa shape index (κ2) is 11.2. The molecule has 0 radical (unpaired) electrons. The Labute approximate surface area is 163 Å². The number of carbonyl (C=O) groups excluding carboxylic acids is 1. The van der Waals surface area contributed by atoms with E-state index in [-0.39, 0.29) is 36.9 Å². The summed E-state index contributed by atoms with van der Waals surface area (Å²) in [5.41, 5.74) is -2.25. The van der Waals surface area contributed by atoms with Crippen molar-refractivity contribution in [3.63, 3.8) is 0 Å². The zero-order chi connectivity index (χ0) is 22.2. The fourth-order valence-corrected chi connectivity index (χ4v) is 2.87. The molecule has 166 valence electrons. The van der Waals surface area contributed by atoms with Crippen molar-refractivity contribution in [2.75, 3.05) is 29.9 Å². The Bertz CT molecular complexity index is 834. The minimum Gasteiger partial charge on any atom is -0.394 e. The van der Waals surface area contributed by atoms with E-state index >= 15 is 0 Å². The summed E-state index contributed by atoms with van der Waals surface area (Å²) in [5, 5.41) is 42.2. The number of H-pyrrole nitrogens is 2. The summed E-state index contributed by atoms with van der Waals surface area (Å²) >= 11 is 0. The average Bonchev–Trinajstić information content (AvgIpc) is 2.63. The molecule has 0 aliphatic rings. The highest BCUT2D eigenvalue weighted by molar-refractivity contribution is 7.51. The van der Waals surface area contributed by atoms with Gasteiger partial charge in [0.2, 0.25) is 5.91 Å². The Morgan fingerprint density at radius 2 is 1.72 bits per heavy atom. The number of carbonyl (C=O) groups is 1. The Hall–Kier alpha value is -2.06. The molecule has 0 aromatic carbocycles. The summed E-state index contributed by atoms with van der Waals surface area (Å²) < 4.78 is 10.8. The van der Waals surface area contributed by atoms with Crippen LogP contribution in [0.5, 0.6) is 0 Å². The van der Waals surface area contributed by atoms with Gasteiger partial charge < -0.3 is 40.8 Å². The van der Waals surface area contributed by atoms with E-state index in [0.29, 0.717) is 0 Å². The summed E-state index contributed by atoms with van der Waals surface area (Å²) in [7, 11) is -4.16. The van der Waals surface area contributed by atoms with E-state index < -0.39 is 56.2 Å². The molecular weight excluding hydrogens is 415 g/mol. The van der Waals surface area contributed by atoms with Gasteiger partial charge in [0.15, 0.2) is 0 Å². The Morgan fingerprint density at radius 3 is 2.31 bits per heavy atom. The van der Waals surface area contributed by atoms with Gasteiger partial charge >= 0.3 is 13.3 Å². The van der Waals surface area contributed by atoms with Gasteiger partial charge in [-0.25, -0.2) is 4.79 Å². The zero-order valence-corrected chi connectivity index (χ0v) is 16.1. The lowest BCUT2D eigenvalue weighted by Gasteiger charge is -2.22. The van der Waals surface area contributed by atoms with Gasteiger partial charge in [-0.15, -0.1) is 0 Å². The third-order valence-electron chi connectivity index (χ3n) is 3.77. The van der Waals surface area contributed by atoms with Crippen molar-refractivity contribution in [2.24, 2.45) is 0 Å². The number of hydrogen-bond acceptors (Lipinski definition) is 9. The molecule has 29 heavy (non-hydrogen) atoms. The number of aromatic nitrogens is 2. The molecule has 1 aromatic heterocycles. The van der Waals surface area contributed by atoms with Crippen LogP contribution >= 0.6 is 7.60 Å². The molecule has 15 heteroatoms. The smallest absolute Gasteiger partial charge is 0.327 e. The molecule has 0 aliphatic carbocycles. The Morgan fingerprint density at radius 1 is 1.07 bits per heavy atom. The first kappa shape index (κ1) is 25.0. The minimum absolute atomic E-state index is 0.0854. The summed E-state index contributed by atoms with van der Waals surface area (Å²) in [6, 6.07) is 0. The summed E-state index contributed by atoms with van der Waals surface area (Å²) in [4.78, 5) is 57.0. The molecule has 1 heterocycles. The quantitative estimate of drug-likeness (QED) is 0.115. The van der Waals surface area contributed by atoms with Crippen molar-refractivity contribution in [1.82, 2.24) is 9.97 Å². The van der Waals surface area contributed by atoms with Crippen LogP contribution in [0.2, 0.25) is 0 Å². The van der Waals surface area contributed by atoms with E-state index in [1.165, 1.54) is 0 Å².